The van der Waals surface area contributed by atoms with Gasteiger partial charge < -0.3 is 9.32 Å². The largest absolute Gasteiger partial charge is 0.467 e. The Bertz CT molecular complexity index is 824. The fourth-order valence-electron chi connectivity index (χ4n) is 3.32. The number of tetrazole rings is 1. The lowest BCUT2D eigenvalue weighted by molar-refractivity contribution is 0.121. The number of rotatable bonds is 5. The van der Waals surface area contributed by atoms with Gasteiger partial charge in [0.1, 0.15) is 12.3 Å². The first kappa shape index (κ1) is 17.2. The van der Waals surface area contributed by atoms with Crippen LogP contribution < -0.4 is 0 Å². The zero-order valence-electron chi connectivity index (χ0n) is 14.6. The molecular formula is C18H21ClN6O. The number of hydrogen-bond acceptors (Lipinski definition) is 6. The molecule has 0 radical (unpaired) electrons. The molecule has 0 spiro atoms. The van der Waals surface area contributed by atoms with Gasteiger partial charge in [-0.05, 0) is 47.3 Å². The van der Waals surface area contributed by atoms with Crippen molar-refractivity contribution < 1.29 is 4.42 Å². The summed E-state index contributed by atoms with van der Waals surface area (Å²) in [6, 6.07) is 11.7. The number of piperazine rings is 1. The minimum absolute atomic E-state index is 0.0223. The molecule has 136 valence electrons. The Hall–Kier alpha value is -2.22. The first-order chi connectivity index (χ1) is 12.7. The molecule has 1 aromatic carbocycles. The van der Waals surface area contributed by atoms with Gasteiger partial charge in [0.05, 0.1) is 12.3 Å². The Kier molecular flexibility index (Phi) is 5.01. The molecule has 0 saturated carbocycles. The van der Waals surface area contributed by atoms with E-state index < -0.39 is 0 Å². The van der Waals surface area contributed by atoms with Crippen LogP contribution in [0, 0.1) is 0 Å². The fraction of sp³-hybridized carbons (Fsp3) is 0.389. The van der Waals surface area contributed by atoms with Gasteiger partial charge in [-0.15, -0.1) is 5.10 Å². The summed E-state index contributed by atoms with van der Waals surface area (Å²) < 4.78 is 7.28. The number of nitrogens with zero attached hydrogens (tertiary/aromatic N) is 6. The van der Waals surface area contributed by atoms with E-state index >= 15 is 0 Å². The van der Waals surface area contributed by atoms with Gasteiger partial charge in [0.2, 0.25) is 0 Å². The summed E-state index contributed by atoms with van der Waals surface area (Å²) in [5.41, 5.74) is 1.13. The van der Waals surface area contributed by atoms with E-state index in [2.05, 4.69) is 44.5 Å². The van der Waals surface area contributed by atoms with Crippen molar-refractivity contribution in [1.82, 2.24) is 30.0 Å². The van der Waals surface area contributed by atoms with Crippen LogP contribution in [0.2, 0.25) is 5.02 Å². The summed E-state index contributed by atoms with van der Waals surface area (Å²) in [4.78, 5) is 4.76. The molecule has 1 saturated heterocycles. The van der Waals surface area contributed by atoms with Crippen molar-refractivity contribution in [2.24, 2.45) is 0 Å². The van der Waals surface area contributed by atoms with Crippen molar-refractivity contribution in [3.63, 3.8) is 0 Å². The van der Waals surface area contributed by atoms with Gasteiger partial charge in [0.15, 0.2) is 5.82 Å². The molecule has 4 rings (SSSR count). The lowest BCUT2D eigenvalue weighted by Crippen LogP contribution is -2.46. The van der Waals surface area contributed by atoms with E-state index in [1.54, 1.807) is 6.26 Å². The summed E-state index contributed by atoms with van der Waals surface area (Å²) in [6.07, 6.45) is 1.66. The SMILES string of the molecule is CN1CCN(C(c2ccc(Cl)cc2)c2nnnn2Cc2ccco2)CC1. The number of aromatic nitrogens is 4. The molecule has 1 aliphatic rings. The van der Waals surface area contributed by atoms with Crippen LogP contribution in [0.3, 0.4) is 0 Å². The van der Waals surface area contributed by atoms with Crippen molar-refractivity contribution in [2.75, 3.05) is 33.2 Å². The molecule has 0 aliphatic carbocycles. The normalized spacial score (nSPS) is 17.5. The fourth-order valence-corrected chi connectivity index (χ4v) is 3.44. The molecule has 2 aromatic heterocycles. The third-order valence-corrected chi connectivity index (χ3v) is 5.03. The maximum Gasteiger partial charge on any atom is 0.173 e. The average molecular weight is 373 g/mol. The third kappa shape index (κ3) is 3.65. The summed E-state index contributed by atoms with van der Waals surface area (Å²) in [5.74, 6) is 1.64. The molecule has 1 atom stereocenters. The summed E-state index contributed by atoms with van der Waals surface area (Å²) in [5, 5.41) is 13.2. The van der Waals surface area contributed by atoms with Crippen molar-refractivity contribution in [3.05, 3.63) is 64.8 Å². The van der Waals surface area contributed by atoms with E-state index in [4.69, 9.17) is 16.0 Å². The second-order valence-corrected chi connectivity index (χ2v) is 7.00. The molecule has 0 N–H and O–H groups in total. The van der Waals surface area contributed by atoms with E-state index in [9.17, 15) is 0 Å². The maximum absolute atomic E-state index is 6.09. The molecule has 7 nitrogen and oxygen atoms in total. The predicted molar refractivity (Wildman–Crippen MR) is 98.0 cm³/mol. The van der Waals surface area contributed by atoms with Crippen LogP contribution in [0.1, 0.15) is 23.2 Å². The monoisotopic (exact) mass is 372 g/mol. The van der Waals surface area contributed by atoms with Gasteiger partial charge in [-0.1, -0.05) is 23.7 Å². The maximum atomic E-state index is 6.09. The van der Waals surface area contributed by atoms with Crippen LogP contribution >= 0.6 is 11.6 Å². The van der Waals surface area contributed by atoms with Gasteiger partial charge in [-0.25, -0.2) is 4.68 Å². The molecule has 3 aromatic rings. The second kappa shape index (κ2) is 7.57. The molecule has 26 heavy (non-hydrogen) atoms. The number of hydrogen-bond donors (Lipinski definition) is 0. The van der Waals surface area contributed by atoms with E-state index in [1.165, 1.54) is 0 Å². The Balaban J connectivity index is 1.69. The van der Waals surface area contributed by atoms with E-state index in [0.717, 1.165) is 48.3 Å². The van der Waals surface area contributed by atoms with Crippen LogP contribution in [-0.4, -0.2) is 63.2 Å². The van der Waals surface area contributed by atoms with Crippen molar-refractivity contribution in [1.29, 1.82) is 0 Å². The molecule has 0 bridgehead atoms. The number of likely N-dealkylation sites (N-methyl/N-ethyl adjacent to an activating group) is 1. The zero-order chi connectivity index (χ0) is 17.9. The summed E-state index contributed by atoms with van der Waals surface area (Å²) >= 11 is 6.09. The Morgan fingerprint density at radius 3 is 2.58 bits per heavy atom. The van der Waals surface area contributed by atoms with Gasteiger partial charge in [0, 0.05) is 31.2 Å². The lowest BCUT2D eigenvalue weighted by Gasteiger charge is -2.37. The molecular weight excluding hydrogens is 352 g/mol. The van der Waals surface area contributed by atoms with Crippen LogP contribution in [0.5, 0.6) is 0 Å². The zero-order valence-corrected chi connectivity index (χ0v) is 15.4. The van der Waals surface area contributed by atoms with Crippen LogP contribution in [0.4, 0.5) is 0 Å². The quantitative estimate of drug-likeness (QED) is 0.684. The molecule has 3 heterocycles. The van der Waals surface area contributed by atoms with E-state index in [1.807, 2.05) is 28.9 Å². The highest BCUT2D eigenvalue weighted by Gasteiger charge is 2.30. The molecule has 0 amide bonds. The highest BCUT2D eigenvalue weighted by Crippen LogP contribution is 2.29. The van der Waals surface area contributed by atoms with Crippen molar-refractivity contribution >= 4 is 11.6 Å². The second-order valence-electron chi connectivity index (χ2n) is 6.57. The predicted octanol–water partition coefficient (Wildman–Crippen LogP) is 2.30. The third-order valence-electron chi connectivity index (χ3n) is 4.78. The number of furan rings is 1. The number of benzene rings is 1. The van der Waals surface area contributed by atoms with Crippen molar-refractivity contribution in [3.8, 4) is 0 Å². The average Bonchev–Trinajstić information content (AvgIpc) is 3.32. The van der Waals surface area contributed by atoms with Crippen LogP contribution in [0.25, 0.3) is 0 Å². The molecule has 1 aliphatic heterocycles. The smallest absolute Gasteiger partial charge is 0.173 e. The number of halogens is 1. The van der Waals surface area contributed by atoms with Gasteiger partial charge in [-0.3, -0.25) is 4.90 Å². The van der Waals surface area contributed by atoms with E-state index in [0.29, 0.717) is 6.54 Å². The van der Waals surface area contributed by atoms with Gasteiger partial charge in [-0.2, -0.15) is 0 Å². The highest BCUT2D eigenvalue weighted by atomic mass is 35.5. The summed E-state index contributed by atoms with van der Waals surface area (Å²) in [6.45, 7) is 4.45. The summed E-state index contributed by atoms with van der Waals surface area (Å²) in [7, 11) is 2.15. The molecule has 8 heteroatoms. The van der Waals surface area contributed by atoms with Crippen LogP contribution in [-0.2, 0) is 6.54 Å². The lowest BCUT2D eigenvalue weighted by atomic mass is 10.0. The first-order valence-electron chi connectivity index (χ1n) is 8.67. The molecule has 1 unspecified atom stereocenters. The van der Waals surface area contributed by atoms with Gasteiger partial charge >= 0.3 is 0 Å². The Labute approximate surface area is 157 Å². The Morgan fingerprint density at radius 2 is 1.88 bits per heavy atom. The van der Waals surface area contributed by atoms with E-state index in [-0.39, 0.29) is 6.04 Å². The minimum Gasteiger partial charge on any atom is -0.467 e. The minimum atomic E-state index is -0.0223. The first-order valence-corrected chi connectivity index (χ1v) is 9.05. The topological polar surface area (TPSA) is 63.2 Å². The standard InChI is InChI=1S/C18H21ClN6O/c1-23-8-10-24(11-9-23)17(14-4-6-15(19)7-5-14)18-20-21-22-25(18)13-16-3-2-12-26-16/h2-7,12,17H,8-11,13H2,1H3. The Morgan fingerprint density at radius 1 is 1.12 bits per heavy atom. The highest BCUT2D eigenvalue weighted by molar-refractivity contribution is 6.30. The van der Waals surface area contributed by atoms with Crippen LogP contribution in [0.15, 0.2) is 47.1 Å². The van der Waals surface area contributed by atoms with Gasteiger partial charge in [0.25, 0.3) is 0 Å². The van der Waals surface area contributed by atoms with Crippen molar-refractivity contribution in [2.45, 2.75) is 12.6 Å². The molecule has 1 fully saturated rings.